The highest BCUT2D eigenvalue weighted by molar-refractivity contribution is 5.82. The lowest BCUT2D eigenvalue weighted by Gasteiger charge is -2.17. The predicted molar refractivity (Wildman–Crippen MR) is 84.2 cm³/mol. The number of benzene rings is 1. The van der Waals surface area contributed by atoms with E-state index < -0.39 is 0 Å². The number of hydrogen-bond acceptors (Lipinski definition) is 2. The van der Waals surface area contributed by atoms with Crippen molar-refractivity contribution in [3.63, 3.8) is 0 Å². The topological polar surface area (TPSA) is 41.1 Å². The highest BCUT2D eigenvalue weighted by atomic mass is 16.1. The zero-order valence-electron chi connectivity index (χ0n) is 11.9. The van der Waals surface area contributed by atoms with Gasteiger partial charge in [0.15, 0.2) is 0 Å². The third-order valence-corrected chi connectivity index (χ3v) is 3.03. The molecule has 1 unspecified atom stereocenters. The number of rotatable bonds is 8. The lowest BCUT2D eigenvalue weighted by molar-refractivity contribution is -0.123. The van der Waals surface area contributed by atoms with Crippen LogP contribution in [0.1, 0.15) is 5.56 Å². The van der Waals surface area contributed by atoms with Gasteiger partial charge in [-0.3, -0.25) is 4.79 Å². The summed E-state index contributed by atoms with van der Waals surface area (Å²) in [5, 5.41) is 5.99. The van der Waals surface area contributed by atoms with Gasteiger partial charge in [0.05, 0.1) is 5.92 Å². The van der Waals surface area contributed by atoms with E-state index in [0.29, 0.717) is 6.54 Å². The molecular weight excluding hydrogens is 248 g/mol. The minimum atomic E-state index is -0.265. The van der Waals surface area contributed by atoms with Gasteiger partial charge < -0.3 is 10.6 Å². The largest absolute Gasteiger partial charge is 0.359 e. The normalized spacial score (nSPS) is 12.6. The zero-order valence-corrected chi connectivity index (χ0v) is 11.9. The van der Waals surface area contributed by atoms with E-state index in [1.165, 1.54) is 5.56 Å². The Morgan fingerprint density at radius 2 is 2.00 bits per heavy atom. The second kappa shape index (κ2) is 8.88. The summed E-state index contributed by atoms with van der Waals surface area (Å²) < 4.78 is 0. The molecule has 106 valence electrons. The minimum Gasteiger partial charge on any atom is -0.359 e. The average Bonchev–Trinajstić information content (AvgIpc) is 2.50. The molecule has 1 atom stereocenters. The van der Waals surface area contributed by atoms with E-state index in [9.17, 15) is 4.79 Å². The van der Waals surface area contributed by atoms with Gasteiger partial charge in [0.1, 0.15) is 0 Å². The standard InChI is InChI=1S/C17H22N2O/c1-4-9-15(5-2)16(17(20)18-3)13-19-12-14-10-7-6-8-11-14/h4-11,16,19H,1-2,12-13H2,3H3,(H,18,20)/b15-9+. The predicted octanol–water partition coefficient (Wildman–Crippen LogP) is 2.44. The van der Waals surface area contributed by atoms with Crippen molar-refractivity contribution in [3.8, 4) is 0 Å². The first-order valence-corrected chi connectivity index (χ1v) is 6.64. The maximum atomic E-state index is 12.0. The van der Waals surface area contributed by atoms with Gasteiger partial charge in [-0.15, -0.1) is 0 Å². The first kappa shape index (κ1) is 15.9. The van der Waals surface area contributed by atoms with Gasteiger partial charge in [0.2, 0.25) is 5.91 Å². The summed E-state index contributed by atoms with van der Waals surface area (Å²) in [4.78, 5) is 12.0. The summed E-state index contributed by atoms with van der Waals surface area (Å²) in [6, 6.07) is 10.1. The van der Waals surface area contributed by atoms with Crippen LogP contribution < -0.4 is 10.6 Å². The maximum absolute atomic E-state index is 12.0. The first-order chi connectivity index (χ1) is 9.72. The molecule has 3 heteroatoms. The Morgan fingerprint density at radius 3 is 2.55 bits per heavy atom. The van der Waals surface area contributed by atoms with Crippen molar-refractivity contribution in [2.45, 2.75) is 6.54 Å². The second-order valence-electron chi connectivity index (χ2n) is 4.39. The third-order valence-electron chi connectivity index (χ3n) is 3.03. The van der Waals surface area contributed by atoms with Crippen LogP contribution in [0, 0.1) is 5.92 Å². The van der Waals surface area contributed by atoms with Crippen molar-refractivity contribution in [1.82, 2.24) is 10.6 Å². The molecule has 0 saturated carbocycles. The highest BCUT2D eigenvalue weighted by Gasteiger charge is 2.19. The molecule has 3 nitrogen and oxygen atoms in total. The van der Waals surface area contributed by atoms with Gasteiger partial charge in [-0.05, 0) is 11.1 Å². The summed E-state index contributed by atoms with van der Waals surface area (Å²) >= 11 is 0. The molecule has 1 rings (SSSR count). The molecule has 0 radical (unpaired) electrons. The molecule has 20 heavy (non-hydrogen) atoms. The molecule has 0 aromatic heterocycles. The molecule has 1 amide bonds. The van der Waals surface area contributed by atoms with Crippen LogP contribution in [0.4, 0.5) is 0 Å². The lowest BCUT2D eigenvalue weighted by atomic mass is 9.97. The van der Waals surface area contributed by atoms with Gasteiger partial charge in [0.25, 0.3) is 0 Å². The van der Waals surface area contributed by atoms with E-state index in [0.717, 1.165) is 12.1 Å². The van der Waals surface area contributed by atoms with E-state index in [1.54, 1.807) is 19.2 Å². The number of hydrogen-bond donors (Lipinski definition) is 2. The molecule has 0 bridgehead atoms. The molecule has 0 aliphatic heterocycles. The molecule has 2 N–H and O–H groups in total. The number of amides is 1. The fourth-order valence-corrected chi connectivity index (χ4v) is 1.96. The Kier molecular flexibility index (Phi) is 7.07. The van der Waals surface area contributed by atoms with Gasteiger partial charge >= 0.3 is 0 Å². The fraction of sp³-hybridized carbons (Fsp3) is 0.235. The minimum absolute atomic E-state index is 0.0291. The van der Waals surface area contributed by atoms with Gasteiger partial charge in [-0.25, -0.2) is 0 Å². The fourth-order valence-electron chi connectivity index (χ4n) is 1.96. The molecule has 0 fully saturated rings. The lowest BCUT2D eigenvalue weighted by Crippen LogP contribution is -2.35. The van der Waals surface area contributed by atoms with Crippen LogP contribution in [0.3, 0.4) is 0 Å². The number of allylic oxidation sites excluding steroid dienone is 3. The Hall–Kier alpha value is -2.13. The first-order valence-electron chi connectivity index (χ1n) is 6.64. The van der Waals surface area contributed by atoms with Gasteiger partial charge in [0, 0.05) is 20.1 Å². The van der Waals surface area contributed by atoms with Crippen LogP contribution >= 0.6 is 0 Å². The van der Waals surface area contributed by atoms with Gasteiger partial charge in [-0.2, -0.15) is 0 Å². The molecule has 0 aliphatic carbocycles. The van der Waals surface area contributed by atoms with E-state index in [4.69, 9.17) is 0 Å². The summed E-state index contributed by atoms with van der Waals surface area (Å²) in [5.41, 5.74) is 2.05. The quantitative estimate of drug-likeness (QED) is 0.712. The van der Waals surface area contributed by atoms with Crippen molar-refractivity contribution in [2.75, 3.05) is 13.6 Å². The zero-order chi connectivity index (χ0) is 14.8. The molecule has 0 heterocycles. The summed E-state index contributed by atoms with van der Waals surface area (Å²) in [6.45, 7) is 8.71. The smallest absolute Gasteiger partial charge is 0.228 e. The van der Waals surface area contributed by atoms with Crippen LogP contribution in [0.5, 0.6) is 0 Å². The van der Waals surface area contributed by atoms with Gasteiger partial charge in [-0.1, -0.05) is 61.7 Å². The van der Waals surface area contributed by atoms with E-state index in [-0.39, 0.29) is 11.8 Å². The Balaban J connectivity index is 2.66. The number of carbonyl (C=O) groups excluding carboxylic acids is 1. The highest BCUT2D eigenvalue weighted by Crippen LogP contribution is 2.12. The average molecular weight is 270 g/mol. The van der Waals surface area contributed by atoms with Crippen LogP contribution in [0.25, 0.3) is 0 Å². The van der Waals surface area contributed by atoms with E-state index in [2.05, 4.69) is 35.9 Å². The molecular formula is C17H22N2O. The molecule has 0 spiro atoms. The Morgan fingerprint density at radius 1 is 1.30 bits per heavy atom. The summed E-state index contributed by atoms with van der Waals surface area (Å²) in [7, 11) is 1.64. The molecule has 1 aromatic carbocycles. The third kappa shape index (κ3) is 4.86. The van der Waals surface area contributed by atoms with Crippen molar-refractivity contribution < 1.29 is 4.79 Å². The SMILES string of the molecule is C=C/C=C(\C=C)C(CNCc1ccccc1)C(=O)NC. The van der Waals surface area contributed by atoms with Crippen molar-refractivity contribution >= 4 is 5.91 Å². The monoisotopic (exact) mass is 270 g/mol. The van der Waals surface area contributed by atoms with E-state index >= 15 is 0 Å². The second-order valence-corrected chi connectivity index (χ2v) is 4.39. The summed E-state index contributed by atoms with van der Waals surface area (Å²) in [6.07, 6.45) is 5.19. The van der Waals surface area contributed by atoms with Crippen LogP contribution in [0.2, 0.25) is 0 Å². The number of nitrogens with one attached hydrogen (secondary N) is 2. The molecule has 0 saturated heterocycles. The maximum Gasteiger partial charge on any atom is 0.228 e. The Labute approximate surface area is 121 Å². The van der Waals surface area contributed by atoms with Crippen molar-refractivity contribution in [2.24, 2.45) is 5.92 Å². The number of carbonyl (C=O) groups is 1. The molecule has 1 aromatic rings. The molecule has 0 aliphatic rings. The van der Waals surface area contributed by atoms with Crippen LogP contribution in [0.15, 0.2) is 67.3 Å². The summed E-state index contributed by atoms with van der Waals surface area (Å²) in [5.74, 6) is -0.294. The van der Waals surface area contributed by atoms with Crippen molar-refractivity contribution in [1.29, 1.82) is 0 Å². The van der Waals surface area contributed by atoms with E-state index in [1.807, 2.05) is 24.3 Å². The van der Waals surface area contributed by atoms with Crippen LogP contribution in [-0.4, -0.2) is 19.5 Å². The van der Waals surface area contributed by atoms with Crippen LogP contribution in [-0.2, 0) is 11.3 Å². The Bertz CT molecular complexity index is 477. The van der Waals surface area contributed by atoms with Crippen molar-refractivity contribution in [3.05, 3.63) is 72.9 Å².